The highest BCUT2D eigenvalue weighted by atomic mass is 32.2. The molecule has 124 valence electrons. The molecule has 4 rings (SSSR count). The molecule has 0 unspecified atom stereocenters. The Balaban J connectivity index is 1.66. The summed E-state index contributed by atoms with van der Waals surface area (Å²) in [6, 6.07) is 15.9. The molecule has 0 bridgehead atoms. The lowest BCUT2D eigenvalue weighted by Crippen LogP contribution is -2.11. The highest BCUT2D eigenvalue weighted by Gasteiger charge is 2.08. The number of para-hydroxylation sites is 2. The molecule has 0 saturated carbocycles. The third-order valence-corrected chi connectivity index (χ3v) is 5.17. The van der Waals surface area contributed by atoms with Crippen molar-refractivity contribution in [2.75, 3.05) is 0 Å². The van der Waals surface area contributed by atoms with Crippen molar-refractivity contribution in [2.45, 2.75) is 24.6 Å². The maximum atomic E-state index is 12.3. The van der Waals surface area contributed by atoms with Crippen LogP contribution in [0.3, 0.4) is 0 Å². The first-order chi connectivity index (χ1) is 12.1. The number of nitrogens with zero attached hydrogens (tertiary/aromatic N) is 2. The zero-order valence-corrected chi connectivity index (χ0v) is 14.9. The molecule has 1 N–H and O–H groups in total. The van der Waals surface area contributed by atoms with E-state index < -0.39 is 0 Å². The zero-order valence-electron chi connectivity index (χ0n) is 14.0. The number of aromatic nitrogens is 3. The minimum atomic E-state index is -0.0908. The molecule has 0 fully saturated rings. The van der Waals surface area contributed by atoms with E-state index >= 15 is 0 Å². The van der Waals surface area contributed by atoms with Crippen LogP contribution in [-0.4, -0.2) is 15.0 Å². The van der Waals surface area contributed by atoms with Crippen molar-refractivity contribution in [1.29, 1.82) is 0 Å². The quantitative estimate of drug-likeness (QED) is 0.559. The van der Waals surface area contributed by atoms with Crippen molar-refractivity contribution in [3.8, 4) is 0 Å². The van der Waals surface area contributed by atoms with Gasteiger partial charge < -0.3 is 4.98 Å². The summed E-state index contributed by atoms with van der Waals surface area (Å²) >= 11 is 1.58. The molecule has 4 nitrogen and oxygen atoms in total. The van der Waals surface area contributed by atoms with E-state index in [0.29, 0.717) is 17.0 Å². The van der Waals surface area contributed by atoms with Crippen LogP contribution in [0.15, 0.2) is 58.4 Å². The van der Waals surface area contributed by atoms with Crippen LogP contribution >= 0.6 is 11.8 Å². The van der Waals surface area contributed by atoms with Gasteiger partial charge in [-0.15, -0.1) is 0 Å². The molecule has 5 heteroatoms. The monoisotopic (exact) mass is 347 g/mol. The van der Waals surface area contributed by atoms with E-state index in [0.717, 1.165) is 21.6 Å². The van der Waals surface area contributed by atoms with E-state index in [1.165, 1.54) is 10.9 Å². The Hall–Kier alpha value is -2.66. The zero-order chi connectivity index (χ0) is 17.4. The second-order valence-electron chi connectivity index (χ2n) is 6.07. The molecule has 0 aliphatic carbocycles. The van der Waals surface area contributed by atoms with Crippen LogP contribution in [-0.2, 0) is 5.75 Å². The van der Waals surface area contributed by atoms with Gasteiger partial charge in [0, 0.05) is 5.39 Å². The minimum Gasteiger partial charge on any atom is -0.309 e. The summed E-state index contributed by atoms with van der Waals surface area (Å²) in [5.74, 6) is 1.24. The van der Waals surface area contributed by atoms with Gasteiger partial charge in [0.05, 0.1) is 27.2 Å². The first-order valence-corrected chi connectivity index (χ1v) is 9.08. The maximum absolute atomic E-state index is 12.3. The summed E-state index contributed by atoms with van der Waals surface area (Å²) in [4.78, 5) is 24.5. The number of thioether (sulfide) groups is 1. The van der Waals surface area contributed by atoms with Crippen molar-refractivity contribution >= 4 is 33.6 Å². The first-order valence-electron chi connectivity index (χ1n) is 8.09. The minimum absolute atomic E-state index is 0.0908. The van der Waals surface area contributed by atoms with Crippen LogP contribution in [0.2, 0.25) is 0 Å². The van der Waals surface area contributed by atoms with E-state index in [-0.39, 0.29) is 5.56 Å². The fourth-order valence-electron chi connectivity index (χ4n) is 2.96. The van der Waals surface area contributed by atoms with E-state index in [2.05, 4.69) is 29.0 Å². The molecule has 4 aromatic rings. The van der Waals surface area contributed by atoms with Crippen LogP contribution in [0.5, 0.6) is 0 Å². The van der Waals surface area contributed by atoms with Crippen LogP contribution in [0.25, 0.3) is 21.8 Å². The SMILES string of the molecule is Cc1cc(SCc2nc3c(C)cccc3c(=O)[nH]2)nc2ccccc12. The number of rotatable bonds is 3. The predicted octanol–water partition coefficient (Wildman–Crippen LogP) is 4.38. The van der Waals surface area contributed by atoms with Crippen molar-refractivity contribution in [2.24, 2.45) is 0 Å². The number of aromatic amines is 1. The molecule has 0 atom stereocenters. The van der Waals surface area contributed by atoms with Gasteiger partial charge in [0.2, 0.25) is 0 Å². The van der Waals surface area contributed by atoms with Gasteiger partial charge in [0.25, 0.3) is 5.56 Å². The van der Waals surface area contributed by atoms with Gasteiger partial charge in [0.15, 0.2) is 0 Å². The fraction of sp³-hybridized carbons (Fsp3) is 0.150. The van der Waals surface area contributed by atoms with Gasteiger partial charge >= 0.3 is 0 Å². The molecule has 2 heterocycles. The second-order valence-corrected chi connectivity index (χ2v) is 7.06. The Kier molecular flexibility index (Phi) is 4.01. The second kappa shape index (κ2) is 6.33. The number of H-pyrrole nitrogens is 1. The molecule has 0 spiro atoms. The van der Waals surface area contributed by atoms with Gasteiger partial charge in [-0.1, -0.05) is 42.1 Å². The third kappa shape index (κ3) is 3.03. The highest BCUT2D eigenvalue weighted by molar-refractivity contribution is 7.98. The number of hydrogen-bond acceptors (Lipinski definition) is 4. The lowest BCUT2D eigenvalue weighted by Gasteiger charge is -2.07. The average Bonchev–Trinajstić information content (AvgIpc) is 2.61. The standard InChI is InChI=1S/C20H17N3OS/c1-12-6-5-8-15-19(12)22-17(23-20(15)24)11-25-18-10-13(2)14-7-3-4-9-16(14)21-18/h3-10H,11H2,1-2H3,(H,22,23,24). The number of fused-ring (bicyclic) bond motifs is 2. The van der Waals surface area contributed by atoms with E-state index in [1.54, 1.807) is 17.8 Å². The van der Waals surface area contributed by atoms with Gasteiger partial charge in [-0.05, 0) is 43.2 Å². The largest absolute Gasteiger partial charge is 0.309 e. The van der Waals surface area contributed by atoms with Gasteiger partial charge in [-0.3, -0.25) is 4.79 Å². The van der Waals surface area contributed by atoms with Gasteiger partial charge in [0.1, 0.15) is 5.82 Å². The Morgan fingerprint density at radius 2 is 1.76 bits per heavy atom. The Morgan fingerprint density at radius 1 is 0.960 bits per heavy atom. The summed E-state index contributed by atoms with van der Waals surface area (Å²) in [6.45, 7) is 4.06. The third-order valence-electron chi connectivity index (χ3n) is 4.24. The molecule has 0 aliphatic heterocycles. The molecular formula is C20H17N3OS. The number of pyridine rings is 1. The van der Waals surface area contributed by atoms with Crippen molar-refractivity contribution in [1.82, 2.24) is 15.0 Å². The van der Waals surface area contributed by atoms with Crippen LogP contribution < -0.4 is 5.56 Å². The summed E-state index contributed by atoms with van der Waals surface area (Å²) in [5.41, 5.74) is 3.87. The van der Waals surface area contributed by atoms with Crippen molar-refractivity contribution in [3.05, 3.63) is 75.8 Å². The first kappa shape index (κ1) is 15.8. The van der Waals surface area contributed by atoms with Crippen LogP contribution in [0.4, 0.5) is 0 Å². The lowest BCUT2D eigenvalue weighted by atomic mass is 10.1. The Morgan fingerprint density at radius 3 is 2.64 bits per heavy atom. The number of hydrogen-bond donors (Lipinski definition) is 1. The summed E-state index contributed by atoms with van der Waals surface area (Å²) in [7, 11) is 0. The molecule has 0 amide bonds. The fourth-order valence-corrected chi connectivity index (χ4v) is 3.80. The topological polar surface area (TPSA) is 58.6 Å². The Labute approximate surface area is 149 Å². The van der Waals surface area contributed by atoms with Gasteiger partial charge in [-0.2, -0.15) is 0 Å². The maximum Gasteiger partial charge on any atom is 0.258 e. The number of nitrogens with one attached hydrogen (secondary N) is 1. The molecule has 0 radical (unpaired) electrons. The van der Waals surface area contributed by atoms with E-state index in [9.17, 15) is 4.79 Å². The number of aryl methyl sites for hydroxylation is 2. The molecule has 25 heavy (non-hydrogen) atoms. The van der Waals surface area contributed by atoms with Crippen molar-refractivity contribution in [3.63, 3.8) is 0 Å². The van der Waals surface area contributed by atoms with Gasteiger partial charge in [-0.25, -0.2) is 9.97 Å². The van der Waals surface area contributed by atoms with Crippen LogP contribution in [0.1, 0.15) is 17.0 Å². The molecular weight excluding hydrogens is 330 g/mol. The smallest absolute Gasteiger partial charge is 0.258 e. The molecule has 2 aromatic carbocycles. The van der Waals surface area contributed by atoms with E-state index in [4.69, 9.17) is 4.98 Å². The Bertz CT molecular complexity index is 1150. The molecule has 0 aliphatic rings. The molecule has 2 aromatic heterocycles. The summed E-state index contributed by atoms with van der Waals surface area (Å²) in [5, 5.41) is 2.73. The molecule has 0 saturated heterocycles. The van der Waals surface area contributed by atoms with Crippen LogP contribution in [0, 0.1) is 13.8 Å². The summed E-state index contributed by atoms with van der Waals surface area (Å²) in [6.07, 6.45) is 0. The normalized spacial score (nSPS) is 11.3. The lowest BCUT2D eigenvalue weighted by molar-refractivity contribution is 1.03. The number of benzene rings is 2. The predicted molar refractivity (Wildman–Crippen MR) is 103 cm³/mol. The van der Waals surface area contributed by atoms with Crippen molar-refractivity contribution < 1.29 is 0 Å². The highest BCUT2D eigenvalue weighted by Crippen LogP contribution is 2.25. The van der Waals surface area contributed by atoms with E-state index in [1.807, 2.05) is 37.3 Å². The summed E-state index contributed by atoms with van der Waals surface area (Å²) < 4.78 is 0. The average molecular weight is 347 g/mol.